The Kier molecular flexibility index (Phi) is 5.80. The smallest absolute Gasteiger partial charge is 0.224 e. The Labute approximate surface area is 138 Å². The lowest BCUT2D eigenvalue weighted by Crippen LogP contribution is -2.37. The number of hydrogen-bond donors (Lipinski definition) is 1. The fraction of sp³-hybridized carbons (Fsp3) is 0.350. The van der Waals surface area contributed by atoms with Crippen LogP contribution in [-0.2, 0) is 11.2 Å². The average Bonchev–Trinajstić information content (AvgIpc) is 2.49. The summed E-state index contributed by atoms with van der Waals surface area (Å²) in [5.74, 6) is 0.890. The van der Waals surface area contributed by atoms with E-state index in [4.69, 9.17) is 4.74 Å². The number of rotatable bonds is 6. The number of para-hydroxylation sites is 1. The first kappa shape index (κ1) is 17.1. The zero-order chi connectivity index (χ0) is 16.8. The summed E-state index contributed by atoms with van der Waals surface area (Å²) < 4.78 is 5.77. The van der Waals surface area contributed by atoms with Crippen LogP contribution in [0.3, 0.4) is 0 Å². The van der Waals surface area contributed by atoms with Crippen LogP contribution in [0.15, 0.2) is 42.5 Å². The van der Waals surface area contributed by atoms with Crippen LogP contribution in [0.1, 0.15) is 29.2 Å². The Bertz CT molecular complexity index is 679. The Hall–Kier alpha value is -2.29. The fourth-order valence-electron chi connectivity index (χ4n) is 2.52. The highest BCUT2D eigenvalue weighted by atomic mass is 16.5. The van der Waals surface area contributed by atoms with E-state index in [1.165, 1.54) is 5.56 Å². The standard InChI is InChI=1S/C20H25NO2/c1-14-9-10-18(16(3)11-14)12-20(22)21-17(4)13-23-19-8-6-5-7-15(19)2/h5-11,17H,12-13H2,1-4H3,(H,21,22)/t17-/m1/s1. The van der Waals surface area contributed by atoms with E-state index in [0.717, 1.165) is 22.4 Å². The largest absolute Gasteiger partial charge is 0.491 e. The second kappa shape index (κ2) is 7.82. The summed E-state index contributed by atoms with van der Waals surface area (Å²) in [6.45, 7) is 8.53. The molecule has 0 saturated carbocycles. The minimum atomic E-state index is -0.0344. The first-order chi connectivity index (χ1) is 11.0. The monoisotopic (exact) mass is 311 g/mol. The van der Waals surface area contributed by atoms with E-state index in [1.54, 1.807) is 0 Å². The molecule has 2 aromatic carbocycles. The van der Waals surface area contributed by atoms with Gasteiger partial charge >= 0.3 is 0 Å². The molecule has 0 aliphatic carbocycles. The summed E-state index contributed by atoms with van der Waals surface area (Å²) in [6.07, 6.45) is 0.404. The van der Waals surface area contributed by atoms with Gasteiger partial charge in [0.1, 0.15) is 12.4 Å². The normalized spacial score (nSPS) is 11.8. The second-order valence-electron chi connectivity index (χ2n) is 6.15. The maximum absolute atomic E-state index is 12.2. The molecule has 1 N–H and O–H groups in total. The van der Waals surface area contributed by atoms with Gasteiger partial charge in [0.2, 0.25) is 5.91 Å². The van der Waals surface area contributed by atoms with E-state index in [1.807, 2.05) is 57.2 Å². The number of aryl methyl sites for hydroxylation is 3. The van der Waals surface area contributed by atoms with Gasteiger partial charge in [0, 0.05) is 0 Å². The minimum absolute atomic E-state index is 0.0258. The highest BCUT2D eigenvalue weighted by Gasteiger charge is 2.11. The lowest BCUT2D eigenvalue weighted by molar-refractivity contribution is -0.121. The molecule has 1 atom stereocenters. The molecule has 122 valence electrons. The summed E-state index contributed by atoms with van der Waals surface area (Å²) >= 11 is 0. The van der Waals surface area contributed by atoms with E-state index >= 15 is 0 Å². The third kappa shape index (κ3) is 5.13. The van der Waals surface area contributed by atoms with E-state index < -0.39 is 0 Å². The van der Waals surface area contributed by atoms with Crippen molar-refractivity contribution in [3.05, 3.63) is 64.7 Å². The maximum Gasteiger partial charge on any atom is 0.224 e. The van der Waals surface area contributed by atoms with Crippen molar-refractivity contribution in [3.8, 4) is 5.75 Å². The molecule has 0 aliphatic heterocycles. The van der Waals surface area contributed by atoms with E-state index in [2.05, 4.69) is 18.3 Å². The van der Waals surface area contributed by atoms with Gasteiger partial charge in [-0.1, -0.05) is 42.0 Å². The number of carbonyl (C=O) groups excluding carboxylic acids is 1. The molecule has 1 amide bonds. The van der Waals surface area contributed by atoms with Gasteiger partial charge in [0.05, 0.1) is 12.5 Å². The molecule has 0 aliphatic rings. The van der Waals surface area contributed by atoms with Crippen LogP contribution in [0, 0.1) is 20.8 Å². The molecular formula is C20H25NO2. The Morgan fingerprint density at radius 1 is 1.09 bits per heavy atom. The van der Waals surface area contributed by atoms with Gasteiger partial charge < -0.3 is 10.1 Å². The van der Waals surface area contributed by atoms with Crippen LogP contribution in [0.5, 0.6) is 5.75 Å². The highest BCUT2D eigenvalue weighted by Crippen LogP contribution is 2.16. The second-order valence-corrected chi connectivity index (χ2v) is 6.15. The minimum Gasteiger partial charge on any atom is -0.491 e. The van der Waals surface area contributed by atoms with Crippen LogP contribution in [0.4, 0.5) is 0 Å². The summed E-state index contributed by atoms with van der Waals surface area (Å²) in [4.78, 5) is 12.2. The van der Waals surface area contributed by atoms with Crippen LogP contribution in [0.25, 0.3) is 0 Å². The molecule has 0 unspecified atom stereocenters. The molecular weight excluding hydrogens is 286 g/mol. The third-order valence-corrected chi connectivity index (χ3v) is 3.84. The van der Waals surface area contributed by atoms with Gasteiger partial charge in [0.15, 0.2) is 0 Å². The van der Waals surface area contributed by atoms with Crippen LogP contribution in [0.2, 0.25) is 0 Å². The summed E-state index contributed by atoms with van der Waals surface area (Å²) in [7, 11) is 0. The fourth-order valence-corrected chi connectivity index (χ4v) is 2.52. The lowest BCUT2D eigenvalue weighted by Gasteiger charge is -2.16. The van der Waals surface area contributed by atoms with Gasteiger partial charge in [0.25, 0.3) is 0 Å². The molecule has 0 heterocycles. The molecule has 2 aromatic rings. The molecule has 0 radical (unpaired) electrons. The van der Waals surface area contributed by atoms with Crippen LogP contribution >= 0.6 is 0 Å². The first-order valence-corrected chi connectivity index (χ1v) is 7.99. The predicted octanol–water partition coefficient (Wildman–Crippen LogP) is 3.74. The number of carbonyl (C=O) groups is 1. The predicted molar refractivity (Wildman–Crippen MR) is 93.9 cm³/mol. The molecule has 0 saturated heterocycles. The lowest BCUT2D eigenvalue weighted by atomic mass is 10.0. The van der Waals surface area contributed by atoms with Crippen molar-refractivity contribution in [3.63, 3.8) is 0 Å². The number of ether oxygens (including phenoxy) is 1. The van der Waals surface area contributed by atoms with Crippen molar-refractivity contribution in [2.24, 2.45) is 0 Å². The van der Waals surface area contributed by atoms with E-state index in [0.29, 0.717) is 13.0 Å². The summed E-state index contributed by atoms with van der Waals surface area (Å²) in [6, 6.07) is 14.0. The molecule has 0 bridgehead atoms. The molecule has 0 spiro atoms. The topological polar surface area (TPSA) is 38.3 Å². The zero-order valence-corrected chi connectivity index (χ0v) is 14.3. The van der Waals surface area contributed by atoms with Gasteiger partial charge in [-0.25, -0.2) is 0 Å². The number of nitrogens with one attached hydrogen (secondary N) is 1. The van der Waals surface area contributed by atoms with Crippen molar-refractivity contribution in [1.82, 2.24) is 5.32 Å². The average molecular weight is 311 g/mol. The Morgan fingerprint density at radius 2 is 1.83 bits per heavy atom. The molecule has 2 rings (SSSR count). The summed E-state index contributed by atoms with van der Waals surface area (Å²) in [5.41, 5.74) is 4.54. The van der Waals surface area contributed by atoms with Crippen molar-refractivity contribution >= 4 is 5.91 Å². The van der Waals surface area contributed by atoms with E-state index in [-0.39, 0.29) is 11.9 Å². The number of benzene rings is 2. The molecule has 0 fully saturated rings. The Balaban J connectivity index is 1.84. The van der Waals surface area contributed by atoms with Gasteiger partial charge in [-0.2, -0.15) is 0 Å². The number of amides is 1. The quantitative estimate of drug-likeness (QED) is 0.882. The van der Waals surface area contributed by atoms with Crippen molar-refractivity contribution in [2.75, 3.05) is 6.61 Å². The van der Waals surface area contributed by atoms with Crippen LogP contribution in [-0.4, -0.2) is 18.6 Å². The third-order valence-electron chi connectivity index (χ3n) is 3.84. The molecule has 23 heavy (non-hydrogen) atoms. The summed E-state index contributed by atoms with van der Waals surface area (Å²) in [5, 5.41) is 3.00. The van der Waals surface area contributed by atoms with Gasteiger partial charge in [-0.3, -0.25) is 4.79 Å². The van der Waals surface area contributed by atoms with Crippen molar-refractivity contribution < 1.29 is 9.53 Å². The zero-order valence-electron chi connectivity index (χ0n) is 14.3. The van der Waals surface area contributed by atoms with E-state index in [9.17, 15) is 4.79 Å². The SMILES string of the molecule is Cc1ccc(CC(=O)N[C@H](C)COc2ccccc2C)c(C)c1. The first-order valence-electron chi connectivity index (χ1n) is 7.99. The van der Waals surface area contributed by atoms with Crippen molar-refractivity contribution in [1.29, 1.82) is 0 Å². The maximum atomic E-state index is 12.2. The molecule has 0 aromatic heterocycles. The highest BCUT2D eigenvalue weighted by molar-refractivity contribution is 5.79. The van der Waals surface area contributed by atoms with Crippen LogP contribution < -0.4 is 10.1 Å². The molecule has 3 heteroatoms. The Morgan fingerprint density at radius 3 is 2.52 bits per heavy atom. The molecule has 3 nitrogen and oxygen atoms in total. The van der Waals surface area contributed by atoms with Crippen molar-refractivity contribution in [2.45, 2.75) is 40.2 Å². The number of hydrogen-bond acceptors (Lipinski definition) is 2. The van der Waals surface area contributed by atoms with Gasteiger partial charge in [-0.15, -0.1) is 0 Å². The van der Waals surface area contributed by atoms with Gasteiger partial charge in [-0.05, 0) is 50.5 Å².